The van der Waals surface area contributed by atoms with E-state index in [9.17, 15) is 4.79 Å². The van der Waals surface area contributed by atoms with Crippen molar-refractivity contribution in [3.8, 4) is 0 Å². The summed E-state index contributed by atoms with van der Waals surface area (Å²) in [6.45, 7) is 9.85. The van der Waals surface area contributed by atoms with E-state index in [4.69, 9.17) is 4.74 Å². The van der Waals surface area contributed by atoms with Crippen LogP contribution in [0.15, 0.2) is 29.3 Å². The predicted octanol–water partition coefficient (Wildman–Crippen LogP) is 4.08. The number of likely N-dealkylation sites (tertiary alicyclic amines) is 1. The SMILES string of the molecule is CCCCOC1CC(NC(=NC)NCc2cccc(CN3CCCC3=O)c2)C1(C)C.I. The molecule has 2 N–H and O–H groups in total. The number of carbonyl (C=O) groups excluding carboxylic acids is 1. The van der Waals surface area contributed by atoms with Crippen molar-refractivity contribution in [2.24, 2.45) is 10.4 Å². The van der Waals surface area contributed by atoms with Crippen molar-refractivity contribution in [2.75, 3.05) is 20.2 Å². The fraction of sp³-hybridized carbons (Fsp3) is 0.667. The zero-order chi connectivity index (χ0) is 21.6. The monoisotopic (exact) mass is 542 g/mol. The van der Waals surface area contributed by atoms with Crippen LogP contribution in [0.1, 0.15) is 64.0 Å². The van der Waals surface area contributed by atoms with Gasteiger partial charge in [-0.2, -0.15) is 0 Å². The number of ether oxygens (including phenoxy) is 1. The van der Waals surface area contributed by atoms with Crippen LogP contribution in [-0.4, -0.2) is 49.1 Å². The minimum absolute atomic E-state index is 0. The molecule has 0 spiro atoms. The lowest BCUT2D eigenvalue weighted by molar-refractivity contribution is -0.128. The van der Waals surface area contributed by atoms with E-state index in [1.54, 1.807) is 0 Å². The van der Waals surface area contributed by atoms with E-state index in [1.807, 2.05) is 11.9 Å². The summed E-state index contributed by atoms with van der Waals surface area (Å²) in [7, 11) is 1.81. The second-order valence-electron chi connectivity index (χ2n) is 9.13. The Morgan fingerprint density at radius 3 is 2.74 bits per heavy atom. The third-order valence-corrected chi connectivity index (χ3v) is 6.53. The van der Waals surface area contributed by atoms with Gasteiger partial charge in [-0.1, -0.05) is 51.5 Å². The summed E-state index contributed by atoms with van der Waals surface area (Å²) in [5.41, 5.74) is 2.46. The molecule has 1 aromatic carbocycles. The number of hydrogen-bond acceptors (Lipinski definition) is 3. The molecule has 0 aromatic heterocycles. The maximum Gasteiger partial charge on any atom is 0.222 e. The minimum Gasteiger partial charge on any atom is -0.378 e. The third-order valence-electron chi connectivity index (χ3n) is 6.53. The van der Waals surface area contributed by atoms with Gasteiger partial charge in [0.15, 0.2) is 5.96 Å². The molecule has 174 valence electrons. The molecule has 3 rings (SSSR count). The molecule has 0 radical (unpaired) electrons. The van der Waals surface area contributed by atoms with Crippen LogP contribution in [0.3, 0.4) is 0 Å². The lowest BCUT2D eigenvalue weighted by Crippen LogP contribution is -2.63. The highest BCUT2D eigenvalue weighted by Crippen LogP contribution is 2.42. The van der Waals surface area contributed by atoms with E-state index in [2.05, 4.69) is 60.7 Å². The van der Waals surface area contributed by atoms with E-state index < -0.39 is 0 Å². The van der Waals surface area contributed by atoms with Crippen molar-refractivity contribution < 1.29 is 9.53 Å². The molecule has 2 unspecified atom stereocenters. The van der Waals surface area contributed by atoms with Gasteiger partial charge in [0, 0.05) is 51.2 Å². The minimum atomic E-state index is 0. The summed E-state index contributed by atoms with van der Waals surface area (Å²) >= 11 is 0. The number of halogens is 1. The maximum atomic E-state index is 11.9. The van der Waals surface area contributed by atoms with Gasteiger partial charge in [-0.25, -0.2) is 0 Å². The first kappa shape index (κ1) is 25.9. The van der Waals surface area contributed by atoms with Crippen LogP contribution >= 0.6 is 24.0 Å². The Morgan fingerprint density at radius 1 is 1.32 bits per heavy atom. The van der Waals surface area contributed by atoms with Crippen molar-refractivity contribution in [1.82, 2.24) is 15.5 Å². The number of hydrogen-bond donors (Lipinski definition) is 2. The quantitative estimate of drug-likeness (QED) is 0.214. The lowest BCUT2D eigenvalue weighted by atomic mass is 9.64. The van der Waals surface area contributed by atoms with E-state index in [0.29, 0.717) is 31.7 Å². The Morgan fingerprint density at radius 2 is 2.10 bits per heavy atom. The number of aliphatic imine (C=N–C) groups is 1. The highest BCUT2D eigenvalue weighted by atomic mass is 127. The smallest absolute Gasteiger partial charge is 0.222 e. The Labute approximate surface area is 204 Å². The molecular weight excluding hydrogens is 503 g/mol. The van der Waals surface area contributed by atoms with Gasteiger partial charge < -0.3 is 20.3 Å². The molecule has 1 saturated heterocycles. The maximum absolute atomic E-state index is 11.9. The van der Waals surface area contributed by atoms with E-state index in [1.165, 1.54) is 17.5 Å². The highest BCUT2D eigenvalue weighted by molar-refractivity contribution is 14.0. The van der Waals surface area contributed by atoms with Crippen LogP contribution in [-0.2, 0) is 22.6 Å². The molecule has 2 aliphatic rings. The zero-order valence-corrected chi connectivity index (χ0v) is 21.8. The molecule has 1 amide bonds. The first-order valence-corrected chi connectivity index (χ1v) is 11.4. The van der Waals surface area contributed by atoms with Crippen LogP contribution < -0.4 is 10.6 Å². The average molecular weight is 543 g/mol. The molecule has 1 aliphatic heterocycles. The fourth-order valence-corrected chi connectivity index (χ4v) is 4.26. The molecule has 6 nitrogen and oxygen atoms in total. The molecule has 1 saturated carbocycles. The summed E-state index contributed by atoms with van der Waals surface area (Å²) < 4.78 is 6.06. The molecule has 7 heteroatoms. The van der Waals surface area contributed by atoms with Crippen molar-refractivity contribution in [3.05, 3.63) is 35.4 Å². The Balaban J connectivity index is 0.00000341. The summed E-state index contributed by atoms with van der Waals surface area (Å²) in [6.07, 6.45) is 5.27. The summed E-state index contributed by atoms with van der Waals surface area (Å²) in [5, 5.41) is 7.01. The molecule has 2 fully saturated rings. The van der Waals surface area contributed by atoms with Gasteiger partial charge in [0.05, 0.1) is 6.10 Å². The Kier molecular flexibility index (Phi) is 10.1. The number of amides is 1. The fourth-order valence-electron chi connectivity index (χ4n) is 4.26. The second kappa shape index (κ2) is 12.0. The van der Waals surface area contributed by atoms with Gasteiger partial charge in [0.1, 0.15) is 0 Å². The van der Waals surface area contributed by atoms with Gasteiger partial charge in [-0.15, -0.1) is 24.0 Å². The second-order valence-corrected chi connectivity index (χ2v) is 9.13. The molecule has 0 bridgehead atoms. The molecule has 1 aromatic rings. The summed E-state index contributed by atoms with van der Waals surface area (Å²) in [5.74, 6) is 1.09. The zero-order valence-electron chi connectivity index (χ0n) is 19.4. The Hall–Kier alpha value is -1.35. The van der Waals surface area contributed by atoms with Gasteiger partial charge in [-0.3, -0.25) is 9.79 Å². The van der Waals surface area contributed by atoms with E-state index in [0.717, 1.165) is 38.4 Å². The molecule has 31 heavy (non-hydrogen) atoms. The van der Waals surface area contributed by atoms with Crippen molar-refractivity contribution >= 4 is 35.8 Å². The standard InChI is InChI=1S/C24H38N4O2.HI/c1-5-6-13-30-21-15-20(24(21,2)3)27-23(25-4)26-16-18-9-7-10-19(14-18)17-28-12-8-11-22(28)29;/h7,9-10,14,20-21H,5-6,8,11-13,15-17H2,1-4H3,(H2,25,26,27);1H. The van der Waals surface area contributed by atoms with E-state index >= 15 is 0 Å². The topological polar surface area (TPSA) is 66.0 Å². The molecule has 1 heterocycles. The molecule has 1 aliphatic carbocycles. The number of guanidine groups is 1. The molecule has 2 atom stereocenters. The number of nitrogens with zero attached hydrogens (tertiary/aromatic N) is 2. The van der Waals surface area contributed by atoms with Crippen molar-refractivity contribution in [2.45, 2.75) is 78.1 Å². The van der Waals surface area contributed by atoms with Crippen molar-refractivity contribution in [3.63, 3.8) is 0 Å². The first-order chi connectivity index (χ1) is 14.4. The van der Waals surface area contributed by atoms with Crippen LogP contribution in [0.2, 0.25) is 0 Å². The van der Waals surface area contributed by atoms with E-state index in [-0.39, 0.29) is 35.3 Å². The van der Waals surface area contributed by atoms with Crippen molar-refractivity contribution in [1.29, 1.82) is 0 Å². The highest BCUT2D eigenvalue weighted by Gasteiger charge is 2.49. The largest absolute Gasteiger partial charge is 0.378 e. The van der Waals surface area contributed by atoms with Crippen LogP contribution in [0, 0.1) is 5.41 Å². The van der Waals surface area contributed by atoms with Gasteiger partial charge >= 0.3 is 0 Å². The lowest BCUT2D eigenvalue weighted by Gasteiger charge is -2.52. The summed E-state index contributed by atoms with van der Waals surface area (Å²) in [6, 6.07) is 8.80. The molecular formula is C24H39IN4O2. The van der Waals surface area contributed by atoms with Gasteiger partial charge in [0.25, 0.3) is 0 Å². The van der Waals surface area contributed by atoms with Gasteiger partial charge in [-0.05, 0) is 30.4 Å². The number of carbonyl (C=O) groups is 1. The summed E-state index contributed by atoms with van der Waals surface area (Å²) in [4.78, 5) is 18.2. The number of unbranched alkanes of at least 4 members (excludes halogenated alkanes) is 1. The number of rotatable bonds is 9. The van der Waals surface area contributed by atoms with Crippen LogP contribution in [0.5, 0.6) is 0 Å². The normalized spacial score (nSPS) is 22.6. The average Bonchev–Trinajstić information content (AvgIpc) is 3.13. The third kappa shape index (κ3) is 6.81. The predicted molar refractivity (Wildman–Crippen MR) is 137 cm³/mol. The van der Waals surface area contributed by atoms with Crippen LogP contribution in [0.25, 0.3) is 0 Å². The number of nitrogens with one attached hydrogen (secondary N) is 2. The van der Waals surface area contributed by atoms with Crippen LogP contribution in [0.4, 0.5) is 0 Å². The number of benzene rings is 1. The van der Waals surface area contributed by atoms with Gasteiger partial charge in [0.2, 0.25) is 5.91 Å². The first-order valence-electron chi connectivity index (χ1n) is 11.4. The Bertz CT molecular complexity index is 753.